The van der Waals surface area contributed by atoms with Crippen molar-refractivity contribution in [2.24, 2.45) is 0 Å². The molecule has 21 heavy (non-hydrogen) atoms. The van der Waals surface area contributed by atoms with Crippen molar-refractivity contribution in [1.29, 1.82) is 0 Å². The van der Waals surface area contributed by atoms with Crippen molar-refractivity contribution in [3.63, 3.8) is 0 Å². The topological polar surface area (TPSA) is 37.3 Å². The minimum atomic E-state index is -0.458. The molecular formula is C15H8Cl4O2. The maximum absolute atomic E-state index is 12.1. The highest BCUT2D eigenvalue weighted by Gasteiger charge is 2.12. The minimum absolute atomic E-state index is 0.207. The zero-order valence-corrected chi connectivity index (χ0v) is 13.4. The van der Waals surface area contributed by atoms with Gasteiger partial charge >= 0.3 is 0 Å². The van der Waals surface area contributed by atoms with Gasteiger partial charge in [0.1, 0.15) is 5.76 Å². The molecule has 0 aliphatic heterocycles. The Kier molecular flexibility index (Phi) is 5.17. The molecule has 0 amide bonds. The van der Waals surface area contributed by atoms with Crippen molar-refractivity contribution in [3.8, 4) is 0 Å². The zero-order chi connectivity index (χ0) is 15.6. The molecule has 0 spiro atoms. The van der Waals surface area contributed by atoms with E-state index in [-0.39, 0.29) is 21.4 Å². The predicted octanol–water partition coefficient (Wildman–Crippen LogP) is 6.08. The first-order valence-electron chi connectivity index (χ1n) is 5.74. The van der Waals surface area contributed by atoms with Gasteiger partial charge in [0.15, 0.2) is 5.78 Å². The van der Waals surface area contributed by atoms with Gasteiger partial charge in [0.25, 0.3) is 0 Å². The van der Waals surface area contributed by atoms with Gasteiger partial charge in [-0.3, -0.25) is 4.79 Å². The van der Waals surface area contributed by atoms with E-state index in [1.807, 2.05) is 0 Å². The highest BCUT2D eigenvalue weighted by molar-refractivity contribution is 6.38. The zero-order valence-electron chi connectivity index (χ0n) is 10.4. The van der Waals surface area contributed by atoms with E-state index in [1.54, 1.807) is 12.1 Å². The van der Waals surface area contributed by atoms with Gasteiger partial charge in [0.05, 0.1) is 10.0 Å². The average Bonchev–Trinajstić information content (AvgIpc) is 2.37. The third-order valence-corrected chi connectivity index (χ3v) is 3.77. The van der Waals surface area contributed by atoms with Gasteiger partial charge < -0.3 is 5.11 Å². The maximum Gasteiger partial charge on any atom is 0.191 e. The van der Waals surface area contributed by atoms with Crippen LogP contribution in [0.5, 0.6) is 0 Å². The van der Waals surface area contributed by atoms with Crippen LogP contribution in [0.3, 0.4) is 0 Å². The Morgan fingerprint density at radius 2 is 1.33 bits per heavy atom. The highest BCUT2D eigenvalue weighted by Crippen LogP contribution is 2.27. The van der Waals surface area contributed by atoms with Crippen LogP contribution in [0.25, 0.3) is 5.76 Å². The van der Waals surface area contributed by atoms with Crippen LogP contribution < -0.4 is 0 Å². The van der Waals surface area contributed by atoms with Crippen molar-refractivity contribution in [2.75, 3.05) is 0 Å². The molecule has 0 saturated carbocycles. The summed E-state index contributed by atoms with van der Waals surface area (Å²) < 4.78 is 0. The van der Waals surface area contributed by atoms with Gasteiger partial charge in [-0.05, 0) is 36.4 Å². The van der Waals surface area contributed by atoms with Crippen molar-refractivity contribution in [2.45, 2.75) is 0 Å². The van der Waals surface area contributed by atoms with Gasteiger partial charge in [-0.1, -0.05) is 46.4 Å². The molecule has 0 saturated heterocycles. The summed E-state index contributed by atoms with van der Waals surface area (Å²) in [5.41, 5.74) is 0.539. The number of carbonyl (C=O) groups excluding carboxylic acids is 1. The van der Waals surface area contributed by atoms with Crippen LogP contribution in [-0.4, -0.2) is 10.9 Å². The number of allylic oxidation sites excluding steroid dienone is 1. The molecular weight excluding hydrogens is 354 g/mol. The summed E-state index contributed by atoms with van der Waals surface area (Å²) in [6, 6.07) is 9.04. The third-order valence-electron chi connectivity index (χ3n) is 2.67. The molecule has 2 nitrogen and oxygen atoms in total. The molecule has 2 aromatic rings. The molecule has 0 atom stereocenters. The fraction of sp³-hybridized carbons (Fsp3) is 0. The lowest BCUT2D eigenvalue weighted by Crippen LogP contribution is -1.98. The van der Waals surface area contributed by atoms with Crippen molar-refractivity contribution < 1.29 is 9.90 Å². The lowest BCUT2D eigenvalue weighted by Gasteiger charge is -2.05. The van der Waals surface area contributed by atoms with E-state index in [2.05, 4.69) is 0 Å². The first-order chi connectivity index (χ1) is 9.88. The third kappa shape index (κ3) is 3.92. The molecule has 2 aromatic carbocycles. The Bertz CT molecular complexity index is 738. The number of hydrogen-bond donors (Lipinski definition) is 1. The van der Waals surface area contributed by atoms with Crippen LogP contribution in [0, 0.1) is 0 Å². The van der Waals surface area contributed by atoms with E-state index >= 15 is 0 Å². The van der Waals surface area contributed by atoms with Gasteiger partial charge in [-0.25, -0.2) is 0 Å². The fourth-order valence-corrected chi connectivity index (χ4v) is 2.67. The van der Waals surface area contributed by atoms with Crippen molar-refractivity contribution >= 4 is 57.9 Å². The molecule has 0 radical (unpaired) electrons. The maximum atomic E-state index is 12.1. The second-order valence-corrected chi connectivity index (χ2v) is 5.83. The van der Waals surface area contributed by atoms with Gasteiger partial charge in [-0.2, -0.15) is 0 Å². The summed E-state index contributed by atoms with van der Waals surface area (Å²) in [7, 11) is 0. The Hall–Kier alpha value is -1.19. The minimum Gasteiger partial charge on any atom is -0.507 e. The largest absolute Gasteiger partial charge is 0.507 e. The number of hydrogen-bond acceptors (Lipinski definition) is 2. The quantitative estimate of drug-likeness (QED) is 0.408. The molecule has 1 N–H and O–H groups in total. The second-order valence-electron chi connectivity index (χ2n) is 4.14. The van der Waals surface area contributed by atoms with E-state index in [0.717, 1.165) is 6.08 Å². The Labute approximate surface area is 141 Å². The molecule has 0 aliphatic rings. The molecule has 0 heterocycles. The normalized spacial score (nSPS) is 11.5. The SMILES string of the molecule is O=C(C=C(O)c1ccc(Cl)cc1Cl)c1ccc(Cl)cc1Cl. The number of ketones is 1. The van der Waals surface area contributed by atoms with Crippen LogP contribution in [-0.2, 0) is 0 Å². The Morgan fingerprint density at radius 3 is 1.81 bits per heavy atom. The summed E-state index contributed by atoms with van der Waals surface area (Å²) in [6.45, 7) is 0. The summed E-state index contributed by atoms with van der Waals surface area (Å²) in [6.07, 6.45) is 1.05. The van der Waals surface area contributed by atoms with Gasteiger partial charge in [0.2, 0.25) is 0 Å². The summed E-state index contributed by atoms with van der Waals surface area (Å²) in [4.78, 5) is 12.1. The van der Waals surface area contributed by atoms with E-state index in [1.165, 1.54) is 24.3 Å². The Balaban J connectivity index is 2.36. The lowest BCUT2D eigenvalue weighted by molar-refractivity contribution is 0.104. The number of carbonyl (C=O) groups is 1. The number of rotatable bonds is 3. The number of benzene rings is 2. The number of aliphatic hydroxyl groups excluding tert-OH is 1. The smallest absolute Gasteiger partial charge is 0.191 e. The van der Waals surface area contributed by atoms with Crippen LogP contribution >= 0.6 is 46.4 Å². The monoisotopic (exact) mass is 360 g/mol. The summed E-state index contributed by atoms with van der Waals surface area (Å²) >= 11 is 23.5. The van der Waals surface area contributed by atoms with E-state index in [9.17, 15) is 9.90 Å². The summed E-state index contributed by atoms with van der Waals surface area (Å²) in [5.74, 6) is -0.729. The van der Waals surface area contributed by atoms with Gasteiger partial charge in [0, 0.05) is 27.2 Å². The number of halogens is 4. The lowest BCUT2D eigenvalue weighted by atomic mass is 10.1. The molecule has 0 fully saturated rings. The number of aliphatic hydroxyl groups is 1. The van der Waals surface area contributed by atoms with Crippen LogP contribution in [0.2, 0.25) is 20.1 Å². The standard InChI is InChI=1S/C15H8Cl4O2/c16-8-1-3-10(12(18)5-8)14(20)7-15(21)11-4-2-9(17)6-13(11)19/h1-7,20H. The predicted molar refractivity (Wildman–Crippen MR) is 87.9 cm³/mol. The van der Waals surface area contributed by atoms with Crippen LogP contribution in [0.4, 0.5) is 0 Å². The molecule has 0 bridgehead atoms. The molecule has 2 rings (SSSR count). The first-order valence-corrected chi connectivity index (χ1v) is 7.25. The molecule has 108 valence electrons. The molecule has 0 aliphatic carbocycles. The van der Waals surface area contributed by atoms with Gasteiger partial charge in [-0.15, -0.1) is 0 Å². The van der Waals surface area contributed by atoms with E-state index < -0.39 is 5.78 Å². The van der Waals surface area contributed by atoms with Crippen molar-refractivity contribution in [1.82, 2.24) is 0 Å². The summed E-state index contributed by atoms with van der Waals surface area (Å²) in [5, 5.41) is 11.3. The second kappa shape index (κ2) is 6.71. The molecule has 6 heteroatoms. The van der Waals surface area contributed by atoms with Crippen LogP contribution in [0.1, 0.15) is 15.9 Å². The average molecular weight is 362 g/mol. The molecule has 0 unspecified atom stereocenters. The molecule has 0 aromatic heterocycles. The van der Waals surface area contributed by atoms with E-state index in [0.29, 0.717) is 15.6 Å². The highest BCUT2D eigenvalue weighted by atomic mass is 35.5. The first kappa shape index (κ1) is 16.2. The fourth-order valence-electron chi connectivity index (χ4n) is 1.67. The van der Waals surface area contributed by atoms with Crippen LogP contribution in [0.15, 0.2) is 42.5 Å². The Morgan fingerprint density at radius 1 is 0.857 bits per heavy atom. The van der Waals surface area contributed by atoms with Crippen molar-refractivity contribution in [3.05, 3.63) is 73.7 Å². The van der Waals surface area contributed by atoms with E-state index in [4.69, 9.17) is 46.4 Å².